The van der Waals surface area contributed by atoms with Gasteiger partial charge in [-0.3, -0.25) is 0 Å². The Hall–Kier alpha value is -1.40. The van der Waals surface area contributed by atoms with Gasteiger partial charge in [-0.2, -0.15) is 13.2 Å². The van der Waals surface area contributed by atoms with Crippen molar-refractivity contribution in [2.24, 2.45) is 0 Å². The van der Waals surface area contributed by atoms with E-state index in [-0.39, 0.29) is 6.04 Å². The van der Waals surface area contributed by atoms with Gasteiger partial charge in [0, 0.05) is 23.7 Å². The molecule has 0 saturated carbocycles. The molecule has 0 bridgehead atoms. The number of hydrogen-bond acceptors (Lipinski definition) is 3. The molecule has 0 fully saturated rings. The molecular weight excluding hydrogens is 297 g/mol. The van der Waals surface area contributed by atoms with Gasteiger partial charge in [0.1, 0.15) is 5.01 Å². The summed E-state index contributed by atoms with van der Waals surface area (Å²) in [4.78, 5) is 5.49. The molecule has 0 aliphatic heterocycles. The van der Waals surface area contributed by atoms with Crippen molar-refractivity contribution in [3.05, 3.63) is 51.5 Å². The first-order chi connectivity index (χ1) is 9.90. The van der Waals surface area contributed by atoms with E-state index in [9.17, 15) is 13.2 Å². The summed E-state index contributed by atoms with van der Waals surface area (Å²) in [5.74, 6) is 0. The van der Waals surface area contributed by atoms with Crippen LogP contribution >= 0.6 is 11.3 Å². The van der Waals surface area contributed by atoms with E-state index in [4.69, 9.17) is 0 Å². The van der Waals surface area contributed by atoms with Gasteiger partial charge in [0.15, 0.2) is 0 Å². The van der Waals surface area contributed by atoms with Crippen LogP contribution < -0.4 is 5.32 Å². The van der Waals surface area contributed by atoms with Crippen LogP contribution in [0.3, 0.4) is 0 Å². The highest BCUT2D eigenvalue weighted by Gasteiger charge is 2.30. The van der Waals surface area contributed by atoms with Crippen molar-refractivity contribution in [3.63, 3.8) is 0 Å². The molecule has 1 heterocycles. The lowest BCUT2D eigenvalue weighted by molar-refractivity contribution is -0.137. The molecular formula is C15H17F3N2S. The molecule has 1 aromatic heterocycles. The number of hydrogen-bond donors (Lipinski definition) is 1. The second-order valence-electron chi connectivity index (χ2n) is 4.80. The minimum absolute atomic E-state index is 0.165. The van der Waals surface area contributed by atoms with E-state index >= 15 is 0 Å². The van der Waals surface area contributed by atoms with E-state index in [0.717, 1.165) is 17.5 Å². The minimum Gasteiger partial charge on any atom is -0.304 e. The van der Waals surface area contributed by atoms with Gasteiger partial charge in [-0.1, -0.05) is 19.1 Å². The zero-order chi connectivity index (χ0) is 15.5. The van der Waals surface area contributed by atoms with Gasteiger partial charge in [0.05, 0.1) is 5.56 Å². The highest BCUT2D eigenvalue weighted by Crippen LogP contribution is 2.30. The van der Waals surface area contributed by atoms with Crippen molar-refractivity contribution >= 4 is 11.3 Å². The number of benzene rings is 1. The molecule has 2 aromatic rings. The van der Waals surface area contributed by atoms with Gasteiger partial charge in [-0.15, -0.1) is 11.3 Å². The molecule has 0 aliphatic carbocycles. The van der Waals surface area contributed by atoms with E-state index in [1.165, 1.54) is 17.0 Å². The fourth-order valence-corrected chi connectivity index (χ4v) is 2.75. The van der Waals surface area contributed by atoms with Crippen molar-refractivity contribution in [2.45, 2.75) is 39.0 Å². The monoisotopic (exact) mass is 314 g/mol. The maximum atomic E-state index is 12.7. The molecule has 2 nitrogen and oxygen atoms in total. The summed E-state index contributed by atoms with van der Waals surface area (Å²) in [5.41, 5.74) is 0.00765. The van der Waals surface area contributed by atoms with E-state index < -0.39 is 11.7 Å². The minimum atomic E-state index is -4.30. The molecule has 0 radical (unpaired) electrons. The van der Waals surface area contributed by atoms with Crippen LogP contribution in [-0.2, 0) is 19.1 Å². The van der Waals surface area contributed by atoms with Crippen molar-refractivity contribution in [1.29, 1.82) is 0 Å². The van der Waals surface area contributed by atoms with E-state index in [2.05, 4.69) is 17.2 Å². The topological polar surface area (TPSA) is 24.9 Å². The van der Waals surface area contributed by atoms with Gasteiger partial charge in [0.2, 0.25) is 0 Å². The number of nitrogens with zero attached hydrogens (tertiary/aromatic N) is 1. The number of aromatic nitrogens is 1. The molecule has 6 heteroatoms. The van der Waals surface area contributed by atoms with Crippen molar-refractivity contribution in [2.75, 3.05) is 0 Å². The summed E-state index contributed by atoms with van der Waals surface area (Å²) in [6, 6.07) is 5.25. The van der Waals surface area contributed by atoms with Crippen LogP contribution in [0.4, 0.5) is 13.2 Å². The third kappa shape index (κ3) is 4.28. The van der Waals surface area contributed by atoms with E-state index in [0.29, 0.717) is 12.1 Å². The molecule has 114 valence electrons. The molecule has 1 aromatic carbocycles. The van der Waals surface area contributed by atoms with Gasteiger partial charge >= 0.3 is 6.18 Å². The first-order valence-corrected chi connectivity index (χ1v) is 7.56. The highest BCUT2D eigenvalue weighted by atomic mass is 32.1. The smallest absolute Gasteiger partial charge is 0.304 e. The Bertz CT molecular complexity index is 593. The molecule has 2 rings (SSSR count). The average molecular weight is 314 g/mol. The van der Waals surface area contributed by atoms with Crippen LogP contribution in [0.25, 0.3) is 0 Å². The van der Waals surface area contributed by atoms with E-state index in [1.807, 2.05) is 13.1 Å². The quantitative estimate of drug-likeness (QED) is 0.874. The molecule has 0 aliphatic rings. The average Bonchev–Trinajstić information content (AvgIpc) is 2.92. The number of nitrogens with one attached hydrogen (secondary N) is 1. The summed E-state index contributed by atoms with van der Waals surface area (Å²) in [6.45, 7) is 4.47. The second kappa shape index (κ2) is 6.58. The summed E-state index contributed by atoms with van der Waals surface area (Å²) in [7, 11) is 0. The number of thiazole rings is 1. The number of halogens is 3. The number of aryl methyl sites for hydroxylation is 1. The van der Waals surface area contributed by atoms with Crippen molar-refractivity contribution in [3.8, 4) is 0 Å². The Kier molecular flexibility index (Phi) is 5.00. The maximum absolute atomic E-state index is 12.7. The summed E-state index contributed by atoms with van der Waals surface area (Å²) < 4.78 is 38.1. The Morgan fingerprint density at radius 3 is 2.71 bits per heavy atom. The highest BCUT2D eigenvalue weighted by molar-refractivity contribution is 7.11. The summed E-state index contributed by atoms with van der Waals surface area (Å²) in [6.07, 6.45) is -1.52. The fourth-order valence-electron chi connectivity index (χ4n) is 1.94. The van der Waals surface area contributed by atoms with Crippen LogP contribution in [0.15, 0.2) is 30.5 Å². The summed E-state index contributed by atoms with van der Waals surface area (Å²) in [5, 5.41) is 4.16. The Morgan fingerprint density at radius 2 is 2.10 bits per heavy atom. The Balaban J connectivity index is 2.01. The van der Waals surface area contributed by atoms with Crippen LogP contribution in [0, 0.1) is 0 Å². The van der Waals surface area contributed by atoms with E-state index in [1.54, 1.807) is 17.4 Å². The van der Waals surface area contributed by atoms with Gasteiger partial charge in [0.25, 0.3) is 0 Å². The van der Waals surface area contributed by atoms with Crippen molar-refractivity contribution in [1.82, 2.24) is 10.3 Å². The zero-order valence-electron chi connectivity index (χ0n) is 11.9. The molecule has 1 atom stereocenters. The fraction of sp³-hybridized carbons (Fsp3) is 0.400. The number of rotatable bonds is 5. The molecule has 0 amide bonds. The van der Waals surface area contributed by atoms with Crippen LogP contribution in [0.1, 0.15) is 40.9 Å². The zero-order valence-corrected chi connectivity index (χ0v) is 12.7. The Labute approximate surface area is 126 Å². The lowest BCUT2D eigenvalue weighted by Crippen LogP contribution is -2.18. The van der Waals surface area contributed by atoms with Crippen LogP contribution in [0.5, 0.6) is 0 Å². The molecule has 0 saturated heterocycles. The predicted octanol–water partition coefficient (Wildman–Crippen LogP) is 4.58. The SMILES string of the molecule is CCc1cnc(CNC(C)c2cccc(C(F)(F)F)c2)s1. The second-order valence-corrected chi connectivity index (χ2v) is 6.00. The van der Waals surface area contributed by atoms with Crippen LogP contribution in [0.2, 0.25) is 0 Å². The normalized spacial score (nSPS) is 13.4. The predicted molar refractivity (Wildman–Crippen MR) is 78.2 cm³/mol. The molecule has 0 spiro atoms. The first kappa shape index (κ1) is 16.0. The van der Waals surface area contributed by atoms with Crippen LogP contribution in [-0.4, -0.2) is 4.98 Å². The standard InChI is InChI=1S/C15H17F3N2S/c1-3-13-8-20-14(21-13)9-19-10(2)11-5-4-6-12(7-11)15(16,17)18/h4-8,10,19H,3,9H2,1-2H3. The lowest BCUT2D eigenvalue weighted by atomic mass is 10.0. The molecule has 21 heavy (non-hydrogen) atoms. The van der Waals surface area contributed by atoms with Gasteiger partial charge < -0.3 is 5.32 Å². The first-order valence-electron chi connectivity index (χ1n) is 6.74. The Morgan fingerprint density at radius 1 is 1.33 bits per heavy atom. The van der Waals surface area contributed by atoms with Crippen molar-refractivity contribution < 1.29 is 13.2 Å². The van der Waals surface area contributed by atoms with Gasteiger partial charge in [-0.25, -0.2) is 4.98 Å². The number of alkyl halides is 3. The molecule has 1 unspecified atom stereocenters. The lowest BCUT2D eigenvalue weighted by Gasteiger charge is -2.15. The molecule has 1 N–H and O–H groups in total. The maximum Gasteiger partial charge on any atom is 0.416 e. The van der Waals surface area contributed by atoms with Gasteiger partial charge in [-0.05, 0) is 31.0 Å². The summed E-state index contributed by atoms with van der Waals surface area (Å²) >= 11 is 1.62. The third-order valence-corrected chi connectivity index (χ3v) is 4.36. The largest absolute Gasteiger partial charge is 0.416 e. The third-order valence-electron chi connectivity index (χ3n) is 3.22.